The molecule has 2 aliphatic rings. The Bertz CT molecular complexity index is 1080. The molecule has 4 atom stereocenters. The molecule has 0 radical (unpaired) electrons. The number of nitrogens with one attached hydrogen (secondary N) is 1. The van der Waals surface area contributed by atoms with Gasteiger partial charge in [-0.1, -0.05) is 62.8 Å². The van der Waals surface area contributed by atoms with E-state index >= 15 is 0 Å². The summed E-state index contributed by atoms with van der Waals surface area (Å²) >= 11 is 0. The molecule has 9 heteroatoms. The summed E-state index contributed by atoms with van der Waals surface area (Å²) in [5.41, 5.74) is 1.03. The molecule has 2 unspecified atom stereocenters. The maximum Gasteiger partial charge on any atom is 0.329 e. The van der Waals surface area contributed by atoms with Crippen molar-refractivity contribution >= 4 is 17.8 Å². The van der Waals surface area contributed by atoms with Crippen LogP contribution in [0.2, 0.25) is 0 Å². The van der Waals surface area contributed by atoms with Gasteiger partial charge in [-0.2, -0.15) is 0 Å². The lowest BCUT2D eigenvalue weighted by atomic mass is 9.94. The number of cyclic esters (lactones) is 1. The van der Waals surface area contributed by atoms with Crippen molar-refractivity contribution in [2.75, 3.05) is 13.1 Å². The molecule has 200 valence electrons. The minimum atomic E-state index is -0.855. The van der Waals surface area contributed by atoms with Crippen molar-refractivity contribution in [1.82, 2.24) is 15.2 Å². The number of fused-ring (bicyclic) bond motifs is 3. The van der Waals surface area contributed by atoms with Crippen LogP contribution in [0.4, 0.5) is 0 Å². The second kappa shape index (κ2) is 13.2. The maximum absolute atomic E-state index is 13.2. The Labute approximate surface area is 218 Å². The minimum absolute atomic E-state index is 0.00234. The standard InChI is InChI=1S/C28H37N3O6/c1-18(2)26-20(4)12-13-24(33)29-14-6-9-19(3)8-5-10-21(32)16-25-30-22(17-36-25)27(34)31-15-7-11-23(31)28(35)37-26/h5-6,8-10,12-13,17-18,20-21,23,26,32H,7,11,14-16H2,1-4H3,(H,29,33)/b9-6+,10-5+,13-12+,19-8+/t20-,21?,23-,26?/m1/s1. The van der Waals surface area contributed by atoms with Crippen LogP contribution in [0, 0.1) is 11.8 Å². The Kier molecular flexibility index (Phi) is 10.0. The first-order chi connectivity index (χ1) is 17.7. The number of nitrogens with zero attached hydrogens (tertiary/aromatic N) is 2. The number of carbonyl (C=O) groups is 3. The molecule has 3 rings (SSSR count). The van der Waals surface area contributed by atoms with E-state index in [0.29, 0.717) is 25.9 Å². The van der Waals surface area contributed by atoms with Crippen LogP contribution in [-0.2, 0) is 20.7 Å². The van der Waals surface area contributed by atoms with Crippen LogP contribution in [0.15, 0.2) is 58.8 Å². The van der Waals surface area contributed by atoms with Gasteiger partial charge in [0.05, 0.1) is 12.5 Å². The van der Waals surface area contributed by atoms with E-state index in [1.807, 2.05) is 45.9 Å². The number of aliphatic hydroxyl groups is 1. The van der Waals surface area contributed by atoms with Gasteiger partial charge in [-0.05, 0) is 31.8 Å². The molecule has 0 aromatic carbocycles. The molecule has 2 aliphatic heterocycles. The Morgan fingerprint density at radius 2 is 1.97 bits per heavy atom. The zero-order valence-electron chi connectivity index (χ0n) is 21.9. The molecule has 1 saturated heterocycles. The number of oxazole rings is 1. The normalized spacial score (nSPS) is 30.6. The van der Waals surface area contributed by atoms with Gasteiger partial charge in [-0.25, -0.2) is 9.78 Å². The molecular formula is C28H37N3O6. The van der Waals surface area contributed by atoms with Gasteiger partial charge in [0, 0.05) is 19.0 Å². The van der Waals surface area contributed by atoms with E-state index in [-0.39, 0.29) is 35.7 Å². The summed E-state index contributed by atoms with van der Waals surface area (Å²) in [6.07, 6.45) is 13.3. The van der Waals surface area contributed by atoms with Gasteiger partial charge >= 0.3 is 5.97 Å². The van der Waals surface area contributed by atoms with E-state index in [4.69, 9.17) is 9.15 Å². The lowest BCUT2D eigenvalue weighted by Gasteiger charge is -2.29. The fourth-order valence-corrected chi connectivity index (χ4v) is 4.42. The summed E-state index contributed by atoms with van der Waals surface area (Å²) in [5, 5.41) is 13.1. The molecule has 2 amide bonds. The van der Waals surface area contributed by atoms with E-state index in [1.165, 1.54) is 17.2 Å². The number of rotatable bonds is 1. The van der Waals surface area contributed by atoms with Crippen molar-refractivity contribution in [3.8, 4) is 0 Å². The van der Waals surface area contributed by atoms with Crippen molar-refractivity contribution in [3.05, 3.63) is 66.0 Å². The molecule has 3 heterocycles. The molecule has 0 aliphatic carbocycles. The third-order valence-corrected chi connectivity index (χ3v) is 6.39. The average molecular weight is 512 g/mol. The van der Waals surface area contributed by atoms with Crippen LogP contribution in [0.5, 0.6) is 0 Å². The number of aliphatic hydroxyl groups excluding tert-OH is 1. The number of allylic oxidation sites excluding steroid dienone is 4. The highest BCUT2D eigenvalue weighted by atomic mass is 16.5. The maximum atomic E-state index is 13.2. The molecule has 1 fully saturated rings. The molecule has 2 bridgehead atoms. The Morgan fingerprint density at radius 3 is 2.73 bits per heavy atom. The first-order valence-corrected chi connectivity index (χ1v) is 12.8. The summed E-state index contributed by atoms with van der Waals surface area (Å²) in [4.78, 5) is 44.3. The summed E-state index contributed by atoms with van der Waals surface area (Å²) in [6.45, 7) is 8.47. The second-order valence-electron chi connectivity index (χ2n) is 9.86. The number of ether oxygens (including phenoxy) is 1. The average Bonchev–Trinajstić information content (AvgIpc) is 3.52. The van der Waals surface area contributed by atoms with Crippen LogP contribution in [0.25, 0.3) is 0 Å². The van der Waals surface area contributed by atoms with Crippen molar-refractivity contribution in [1.29, 1.82) is 0 Å². The van der Waals surface area contributed by atoms with E-state index in [0.717, 1.165) is 5.57 Å². The molecule has 1 aromatic rings. The fourth-order valence-electron chi connectivity index (χ4n) is 4.42. The summed E-state index contributed by atoms with van der Waals surface area (Å²) in [5.74, 6) is -1.10. The number of carbonyl (C=O) groups excluding carboxylic acids is 3. The van der Waals surface area contributed by atoms with Crippen LogP contribution in [0.1, 0.15) is 56.9 Å². The summed E-state index contributed by atoms with van der Waals surface area (Å²) in [6, 6.07) is -0.717. The zero-order valence-corrected chi connectivity index (χ0v) is 21.9. The van der Waals surface area contributed by atoms with Gasteiger partial charge in [0.15, 0.2) is 11.6 Å². The number of aromatic nitrogens is 1. The first-order valence-electron chi connectivity index (χ1n) is 12.8. The zero-order chi connectivity index (χ0) is 26.9. The van der Waals surface area contributed by atoms with Crippen LogP contribution in [-0.4, -0.2) is 64.1 Å². The van der Waals surface area contributed by atoms with Crippen LogP contribution >= 0.6 is 0 Å². The minimum Gasteiger partial charge on any atom is -0.460 e. The van der Waals surface area contributed by atoms with Gasteiger partial charge in [0.2, 0.25) is 5.91 Å². The van der Waals surface area contributed by atoms with E-state index in [1.54, 1.807) is 18.2 Å². The molecule has 2 N–H and O–H groups in total. The van der Waals surface area contributed by atoms with Gasteiger partial charge in [0.25, 0.3) is 5.91 Å². The topological polar surface area (TPSA) is 122 Å². The van der Waals surface area contributed by atoms with E-state index < -0.39 is 30.1 Å². The predicted molar refractivity (Wildman–Crippen MR) is 138 cm³/mol. The lowest BCUT2D eigenvalue weighted by molar-refractivity contribution is -0.158. The van der Waals surface area contributed by atoms with Crippen molar-refractivity contribution in [2.24, 2.45) is 11.8 Å². The predicted octanol–water partition coefficient (Wildman–Crippen LogP) is 3.13. The van der Waals surface area contributed by atoms with Crippen LogP contribution < -0.4 is 5.32 Å². The highest BCUT2D eigenvalue weighted by Gasteiger charge is 2.38. The van der Waals surface area contributed by atoms with Crippen molar-refractivity contribution in [2.45, 2.75) is 65.2 Å². The smallest absolute Gasteiger partial charge is 0.329 e. The van der Waals surface area contributed by atoms with E-state index in [2.05, 4.69) is 10.3 Å². The lowest BCUT2D eigenvalue weighted by Crippen LogP contribution is -2.44. The largest absolute Gasteiger partial charge is 0.460 e. The number of esters is 1. The fraction of sp³-hybridized carbons (Fsp3) is 0.500. The highest BCUT2D eigenvalue weighted by Crippen LogP contribution is 2.25. The molecule has 0 saturated carbocycles. The second-order valence-corrected chi connectivity index (χ2v) is 9.86. The SMILES string of the molecule is CC1=C\C=C\C(O)Cc2nc(co2)C(=O)N2CCC[C@@H]2C(=O)OC(C(C)C)[C@H](C)/C=C/C(=O)NC\C=C\1. The number of hydrogen-bond acceptors (Lipinski definition) is 7. The molecule has 37 heavy (non-hydrogen) atoms. The highest BCUT2D eigenvalue weighted by molar-refractivity contribution is 5.95. The summed E-state index contributed by atoms with van der Waals surface area (Å²) < 4.78 is 11.3. The van der Waals surface area contributed by atoms with E-state index in [9.17, 15) is 19.5 Å². The Morgan fingerprint density at radius 1 is 1.19 bits per heavy atom. The van der Waals surface area contributed by atoms with Gasteiger partial charge < -0.3 is 24.5 Å². The summed E-state index contributed by atoms with van der Waals surface area (Å²) in [7, 11) is 0. The van der Waals surface area contributed by atoms with Crippen molar-refractivity contribution in [3.63, 3.8) is 0 Å². The quantitative estimate of drug-likeness (QED) is 0.556. The third kappa shape index (κ3) is 8.01. The molecular weight excluding hydrogens is 474 g/mol. The van der Waals surface area contributed by atoms with Crippen LogP contribution in [0.3, 0.4) is 0 Å². The third-order valence-electron chi connectivity index (χ3n) is 6.39. The monoisotopic (exact) mass is 511 g/mol. The van der Waals surface area contributed by atoms with Gasteiger partial charge in [-0.3, -0.25) is 9.59 Å². The van der Waals surface area contributed by atoms with Gasteiger partial charge in [0.1, 0.15) is 18.4 Å². The Balaban J connectivity index is 1.85. The molecule has 9 nitrogen and oxygen atoms in total. The van der Waals surface area contributed by atoms with Crippen molar-refractivity contribution < 1.29 is 28.6 Å². The first kappa shape index (κ1) is 28.1. The Hall–Kier alpha value is -3.46. The number of hydrogen-bond donors (Lipinski definition) is 2. The molecule has 1 aromatic heterocycles. The molecule has 0 spiro atoms. The van der Waals surface area contributed by atoms with Gasteiger partial charge in [-0.15, -0.1) is 0 Å². The number of amides is 2.